The fourth-order valence-corrected chi connectivity index (χ4v) is 7.21. The molecule has 0 fully saturated rings. The van der Waals surface area contributed by atoms with Gasteiger partial charge in [-0.15, -0.1) is 0 Å². The third-order valence-corrected chi connectivity index (χ3v) is 11.1. The summed E-state index contributed by atoms with van der Waals surface area (Å²) in [6.45, 7) is 2.45. The monoisotopic (exact) mass is 868 g/mol. The number of ether oxygens (including phenoxy) is 1. The molecule has 3 atom stereocenters. The van der Waals surface area contributed by atoms with Crippen molar-refractivity contribution in [3.8, 4) is 0 Å². The Bertz CT molecular complexity index is 1200. The molecule has 4 N–H and O–H groups in total. The van der Waals surface area contributed by atoms with Gasteiger partial charge in [0.15, 0.2) is 6.04 Å². The van der Waals surface area contributed by atoms with Crippen molar-refractivity contribution in [2.24, 2.45) is 0 Å². The number of rotatable bonds is 44. The number of aliphatic hydroxyl groups excluding tert-OH is 1. The Morgan fingerprint density at radius 2 is 0.967 bits per heavy atom. The molecule has 0 aliphatic carbocycles. The van der Waals surface area contributed by atoms with Gasteiger partial charge in [-0.1, -0.05) is 172 Å². The second-order valence-corrected chi connectivity index (χ2v) is 17.4. The van der Waals surface area contributed by atoms with E-state index >= 15 is 0 Å². The Hall–Kier alpha value is -2.56. The Kier molecular flexibility index (Phi) is 41.3. The number of carboxylic acids is 1. The van der Waals surface area contributed by atoms with E-state index in [-0.39, 0.29) is 12.8 Å². The molecule has 0 saturated carbocycles. The highest BCUT2D eigenvalue weighted by Gasteiger charge is 2.28. The molecular formula is C48H86NO10P. The third kappa shape index (κ3) is 42.1. The van der Waals surface area contributed by atoms with Crippen molar-refractivity contribution in [1.82, 2.24) is 5.32 Å². The molecule has 0 radical (unpaired) electrons. The molecule has 3 unspecified atom stereocenters. The summed E-state index contributed by atoms with van der Waals surface area (Å²) in [7, 11) is -4.76. The quantitative estimate of drug-likeness (QED) is 0.0200. The topological polar surface area (TPSA) is 169 Å². The van der Waals surface area contributed by atoms with E-state index in [9.17, 15) is 34.1 Å². The first kappa shape index (κ1) is 57.4. The van der Waals surface area contributed by atoms with E-state index in [4.69, 9.17) is 13.8 Å². The summed E-state index contributed by atoms with van der Waals surface area (Å²) in [5.74, 6) is -2.40. The minimum absolute atomic E-state index is 0.143. The molecule has 0 saturated heterocycles. The summed E-state index contributed by atoms with van der Waals surface area (Å²) < 4.78 is 26.8. The number of nitrogens with one attached hydrogen (secondary N) is 1. The lowest BCUT2D eigenvalue weighted by Gasteiger charge is -2.18. The molecule has 60 heavy (non-hydrogen) atoms. The molecule has 11 nitrogen and oxygen atoms in total. The zero-order chi connectivity index (χ0) is 44.2. The highest BCUT2D eigenvalue weighted by Crippen LogP contribution is 2.43. The van der Waals surface area contributed by atoms with Crippen LogP contribution in [-0.2, 0) is 32.7 Å². The van der Waals surface area contributed by atoms with Gasteiger partial charge in [0.05, 0.1) is 13.2 Å². The predicted octanol–water partition coefficient (Wildman–Crippen LogP) is 12.6. The molecule has 0 spiro atoms. The Labute approximate surface area is 364 Å². The summed E-state index contributed by atoms with van der Waals surface area (Å²) in [5, 5.41) is 21.9. The highest BCUT2D eigenvalue weighted by molar-refractivity contribution is 7.47. The first-order valence-electron chi connectivity index (χ1n) is 23.7. The van der Waals surface area contributed by atoms with E-state index in [1.165, 1.54) is 109 Å². The summed E-state index contributed by atoms with van der Waals surface area (Å²) >= 11 is 0. The normalized spacial score (nSPS) is 14.1. The lowest BCUT2D eigenvalue weighted by atomic mass is 10.0. The number of esters is 1. The van der Waals surface area contributed by atoms with Crippen LogP contribution in [-0.4, -0.2) is 64.9 Å². The van der Waals surface area contributed by atoms with Crippen LogP contribution in [0.15, 0.2) is 48.6 Å². The molecule has 0 heterocycles. The lowest BCUT2D eigenvalue weighted by Crippen LogP contribution is -2.43. The first-order chi connectivity index (χ1) is 29.1. The predicted molar refractivity (Wildman–Crippen MR) is 245 cm³/mol. The van der Waals surface area contributed by atoms with Gasteiger partial charge in [-0.25, -0.2) is 9.36 Å². The van der Waals surface area contributed by atoms with Crippen LogP contribution in [0, 0.1) is 0 Å². The Balaban J connectivity index is 3.85. The average Bonchev–Trinajstić information content (AvgIpc) is 3.22. The van der Waals surface area contributed by atoms with Gasteiger partial charge in [-0.3, -0.25) is 18.6 Å². The van der Waals surface area contributed by atoms with Gasteiger partial charge in [0, 0.05) is 12.8 Å². The van der Waals surface area contributed by atoms with E-state index in [1.807, 2.05) is 0 Å². The van der Waals surface area contributed by atoms with Crippen molar-refractivity contribution >= 4 is 25.7 Å². The van der Waals surface area contributed by atoms with Gasteiger partial charge < -0.3 is 25.2 Å². The smallest absolute Gasteiger partial charge is 0.472 e. The molecular weight excluding hydrogens is 781 g/mol. The average molecular weight is 868 g/mol. The van der Waals surface area contributed by atoms with Crippen molar-refractivity contribution in [3.05, 3.63) is 48.6 Å². The maximum atomic E-state index is 12.4. The van der Waals surface area contributed by atoms with Crippen molar-refractivity contribution in [2.75, 3.05) is 19.8 Å². The van der Waals surface area contributed by atoms with Gasteiger partial charge in [-0.05, 0) is 70.6 Å². The van der Waals surface area contributed by atoms with Gasteiger partial charge in [0.1, 0.15) is 12.7 Å². The largest absolute Gasteiger partial charge is 0.480 e. The summed E-state index contributed by atoms with van der Waals surface area (Å²) in [6, 6.07) is -1.55. The highest BCUT2D eigenvalue weighted by atomic mass is 31.2. The summed E-state index contributed by atoms with van der Waals surface area (Å²) in [5.41, 5.74) is 0. The van der Waals surface area contributed by atoms with Crippen LogP contribution in [0.5, 0.6) is 0 Å². The molecule has 1 amide bonds. The lowest BCUT2D eigenvalue weighted by molar-refractivity contribution is -0.147. The number of amides is 1. The van der Waals surface area contributed by atoms with Crippen LogP contribution in [0.25, 0.3) is 0 Å². The fourth-order valence-electron chi connectivity index (χ4n) is 6.44. The minimum Gasteiger partial charge on any atom is -0.480 e. The number of phosphoric ester groups is 1. The minimum atomic E-state index is -4.76. The van der Waals surface area contributed by atoms with Gasteiger partial charge in [0.2, 0.25) is 5.91 Å². The zero-order valence-electron chi connectivity index (χ0n) is 37.8. The first-order valence-corrected chi connectivity index (χ1v) is 25.2. The number of aliphatic carboxylic acids is 1. The number of carboxylic acid groups (broad SMARTS) is 1. The van der Waals surface area contributed by atoms with Crippen molar-refractivity contribution < 1.29 is 47.8 Å². The Morgan fingerprint density at radius 1 is 0.550 bits per heavy atom. The molecule has 0 aliphatic rings. The SMILES string of the molecule is CC/C=C\C/C=C\C/C=C\CCCCCC(=O)OCC(O)COP(=O)(O)OCC(NC(=O)CCCCCCCCCCCCCCC/C=C/CCCCCCCC)C(=O)O. The van der Waals surface area contributed by atoms with Gasteiger partial charge in [-0.2, -0.15) is 0 Å². The fraction of sp³-hybridized carbons (Fsp3) is 0.771. The second kappa shape index (κ2) is 43.1. The van der Waals surface area contributed by atoms with E-state index in [1.54, 1.807) is 0 Å². The number of hydrogen-bond acceptors (Lipinski definition) is 8. The van der Waals surface area contributed by atoms with Crippen LogP contribution >= 0.6 is 7.82 Å². The summed E-state index contributed by atoms with van der Waals surface area (Å²) in [6.07, 6.45) is 48.6. The maximum Gasteiger partial charge on any atom is 0.472 e. The standard InChI is InChI=1S/C48H86NO10P/c1-3-5-7-9-11-13-15-17-18-19-20-21-22-23-24-25-26-28-29-31-33-35-37-39-46(51)49-45(48(53)54)43-59-60(55,56)58-42-44(50)41-57-47(52)40-38-36-34-32-30-27-16-14-12-10-8-6-4-2/h6,8,12,14,17-18,27,30,44-45,50H,3-5,7,9-11,13,15-16,19-26,28-29,31-43H2,1-2H3,(H,49,51)(H,53,54)(H,55,56)/b8-6-,14-12-,18-17+,30-27-. The molecule has 0 aromatic rings. The number of unbranched alkanes of at least 4 members (excludes halogenated alkanes) is 22. The van der Waals surface area contributed by atoms with E-state index in [0.717, 1.165) is 57.8 Å². The van der Waals surface area contributed by atoms with Crippen LogP contribution < -0.4 is 5.32 Å². The third-order valence-electron chi connectivity index (χ3n) is 10.1. The van der Waals surface area contributed by atoms with Crippen LogP contribution in [0.1, 0.15) is 206 Å². The van der Waals surface area contributed by atoms with Gasteiger partial charge in [0.25, 0.3) is 0 Å². The number of hydrogen-bond donors (Lipinski definition) is 4. The van der Waals surface area contributed by atoms with Crippen LogP contribution in [0.4, 0.5) is 0 Å². The summed E-state index contributed by atoms with van der Waals surface area (Å²) in [4.78, 5) is 46.0. The Morgan fingerprint density at radius 3 is 1.48 bits per heavy atom. The zero-order valence-corrected chi connectivity index (χ0v) is 38.6. The van der Waals surface area contributed by atoms with Crippen molar-refractivity contribution in [1.29, 1.82) is 0 Å². The second-order valence-electron chi connectivity index (χ2n) is 15.9. The van der Waals surface area contributed by atoms with Gasteiger partial charge >= 0.3 is 19.8 Å². The van der Waals surface area contributed by atoms with Crippen molar-refractivity contribution in [2.45, 2.75) is 219 Å². The van der Waals surface area contributed by atoms with E-state index in [0.29, 0.717) is 12.8 Å². The van der Waals surface area contributed by atoms with E-state index in [2.05, 4.69) is 67.8 Å². The molecule has 0 bridgehead atoms. The molecule has 0 aromatic heterocycles. The van der Waals surface area contributed by atoms with Crippen molar-refractivity contribution in [3.63, 3.8) is 0 Å². The van der Waals surface area contributed by atoms with Crippen LogP contribution in [0.3, 0.4) is 0 Å². The van der Waals surface area contributed by atoms with E-state index < -0.39 is 57.6 Å². The number of phosphoric acid groups is 1. The number of aliphatic hydroxyl groups is 1. The maximum absolute atomic E-state index is 12.4. The molecule has 348 valence electrons. The molecule has 12 heteroatoms. The molecule has 0 aromatic carbocycles. The molecule has 0 rings (SSSR count). The number of carbonyl (C=O) groups excluding carboxylic acids is 2. The number of carbonyl (C=O) groups is 3. The number of allylic oxidation sites excluding steroid dienone is 8. The van der Waals surface area contributed by atoms with Crippen LogP contribution in [0.2, 0.25) is 0 Å². The molecule has 0 aliphatic heterocycles.